The Labute approximate surface area is 130 Å². The predicted octanol–water partition coefficient (Wildman–Crippen LogP) is 4.16. The Bertz CT molecular complexity index is 775. The Hall–Kier alpha value is -1.73. The third-order valence-electron chi connectivity index (χ3n) is 3.61. The Balaban J connectivity index is 1.68. The largest absolute Gasteiger partial charge is 0.366 e. The first-order valence-electron chi connectivity index (χ1n) is 7.00. The van der Waals surface area contributed by atoms with Gasteiger partial charge in [-0.05, 0) is 55.2 Å². The summed E-state index contributed by atoms with van der Waals surface area (Å²) in [5.74, 6) is 1.58. The summed E-state index contributed by atoms with van der Waals surface area (Å²) >= 11 is 3.11. The van der Waals surface area contributed by atoms with Crippen molar-refractivity contribution in [2.24, 2.45) is 0 Å². The molecule has 0 aromatic carbocycles. The van der Waals surface area contributed by atoms with E-state index in [0.29, 0.717) is 12.0 Å². The fourth-order valence-corrected chi connectivity index (χ4v) is 3.73. The molecule has 0 amide bonds. The van der Waals surface area contributed by atoms with Crippen LogP contribution in [-0.2, 0) is 0 Å². The molecule has 21 heavy (non-hydrogen) atoms. The molecular weight excluding hydrogens is 302 g/mol. The van der Waals surface area contributed by atoms with Crippen molar-refractivity contribution in [2.75, 3.05) is 10.6 Å². The van der Waals surface area contributed by atoms with Crippen molar-refractivity contribution < 1.29 is 0 Å². The summed E-state index contributed by atoms with van der Waals surface area (Å²) in [7, 11) is 0. The maximum Gasteiger partial charge on any atom is 0.230 e. The number of nitrogens with zero attached hydrogens (tertiary/aromatic N) is 3. The average Bonchev–Trinajstić information content (AvgIpc) is 3.02. The molecular formula is C14H15N5S2. The van der Waals surface area contributed by atoms with E-state index in [1.54, 1.807) is 11.3 Å². The molecule has 0 spiro atoms. The van der Waals surface area contributed by atoms with Gasteiger partial charge >= 0.3 is 0 Å². The van der Waals surface area contributed by atoms with Gasteiger partial charge in [0.15, 0.2) is 0 Å². The molecule has 0 atom stereocenters. The second-order valence-electron chi connectivity index (χ2n) is 5.26. The van der Waals surface area contributed by atoms with E-state index in [-0.39, 0.29) is 0 Å². The van der Waals surface area contributed by atoms with Crippen LogP contribution in [0.15, 0.2) is 17.5 Å². The lowest BCUT2D eigenvalue weighted by Crippen LogP contribution is -2.27. The topological polar surface area (TPSA) is 62.7 Å². The molecule has 5 nitrogen and oxygen atoms in total. The zero-order valence-corrected chi connectivity index (χ0v) is 13.2. The lowest BCUT2D eigenvalue weighted by atomic mass is 9.93. The average molecular weight is 317 g/mol. The van der Waals surface area contributed by atoms with Gasteiger partial charge in [-0.25, -0.2) is 4.98 Å². The Morgan fingerprint density at radius 3 is 2.90 bits per heavy atom. The number of aryl methyl sites for hydroxylation is 1. The van der Waals surface area contributed by atoms with Crippen LogP contribution < -0.4 is 10.6 Å². The van der Waals surface area contributed by atoms with Crippen LogP contribution in [-0.4, -0.2) is 20.4 Å². The quantitative estimate of drug-likeness (QED) is 0.756. The first kappa shape index (κ1) is 13.0. The fourth-order valence-electron chi connectivity index (χ4n) is 2.30. The smallest absolute Gasteiger partial charge is 0.230 e. The molecule has 7 heteroatoms. The van der Waals surface area contributed by atoms with E-state index < -0.39 is 0 Å². The fraction of sp³-hybridized carbons (Fsp3) is 0.357. The van der Waals surface area contributed by atoms with Crippen molar-refractivity contribution in [3.8, 4) is 0 Å². The van der Waals surface area contributed by atoms with Crippen molar-refractivity contribution in [3.05, 3.63) is 23.2 Å². The Morgan fingerprint density at radius 1 is 1.29 bits per heavy atom. The number of hydrogen-bond acceptors (Lipinski definition) is 7. The molecule has 0 unspecified atom stereocenters. The number of nitrogens with one attached hydrogen (secondary N) is 2. The van der Waals surface area contributed by atoms with E-state index in [1.807, 2.05) is 19.1 Å². The molecule has 4 rings (SSSR count). The van der Waals surface area contributed by atoms with E-state index >= 15 is 0 Å². The van der Waals surface area contributed by atoms with Crippen LogP contribution in [0.2, 0.25) is 0 Å². The van der Waals surface area contributed by atoms with Gasteiger partial charge in [-0.2, -0.15) is 9.36 Å². The highest BCUT2D eigenvalue weighted by atomic mass is 32.1. The van der Waals surface area contributed by atoms with Crippen LogP contribution in [0.25, 0.3) is 10.2 Å². The lowest BCUT2D eigenvalue weighted by Gasteiger charge is -2.27. The first-order valence-corrected chi connectivity index (χ1v) is 8.65. The molecule has 1 saturated carbocycles. The van der Waals surface area contributed by atoms with Crippen LogP contribution in [0.3, 0.4) is 0 Å². The highest BCUT2D eigenvalue weighted by Crippen LogP contribution is 2.31. The van der Waals surface area contributed by atoms with Gasteiger partial charge in [0, 0.05) is 6.04 Å². The third-order valence-corrected chi connectivity index (χ3v) is 5.32. The second-order valence-corrected chi connectivity index (χ2v) is 6.98. The van der Waals surface area contributed by atoms with E-state index in [1.165, 1.54) is 30.8 Å². The third kappa shape index (κ3) is 2.58. The van der Waals surface area contributed by atoms with Crippen molar-refractivity contribution >= 4 is 49.9 Å². The molecule has 0 bridgehead atoms. The highest BCUT2D eigenvalue weighted by Gasteiger charge is 2.19. The van der Waals surface area contributed by atoms with Gasteiger partial charge in [-0.15, -0.1) is 11.3 Å². The van der Waals surface area contributed by atoms with E-state index in [9.17, 15) is 0 Å². The van der Waals surface area contributed by atoms with Crippen LogP contribution in [0.5, 0.6) is 0 Å². The van der Waals surface area contributed by atoms with E-state index in [2.05, 4.69) is 30.4 Å². The molecule has 3 aromatic heterocycles. The summed E-state index contributed by atoms with van der Waals surface area (Å²) in [5.41, 5.74) is 1.99. The number of hydrogen-bond donors (Lipinski definition) is 2. The molecule has 0 saturated heterocycles. The second kappa shape index (κ2) is 5.23. The minimum Gasteiger partial charge on any atom is -0.366 e. The summed E-state index contributed by atoms with van der Waals surface area (Å²) < 4.78 is 5.40. The maximum absolute atomic E-state index is 4.66. The Kier molecular flexibility index (Phi) is 3.23. The summed E-state index contributed by atoms with van der Waals surface area (Å²) in [6, 6.07) is 4.60. The van der Waals surface area contributed by atoms with Gasteiger partial charge in [0.05, 0.1) is 15.9 Å². The standard InChI is InChI=1S/C14H15N5S2/c1-8-7-11(21-19-8)17-14-16-10-5-6-20-12(10)13(18-14)15-9-3-2-4-9/h5-7,9H,2-4H2,1H3,(H2,15,16,17,18). The van der Waals surface area contributed by atoms with Crippen LogP contribution in [0.1, 0.15) is 25.0 Å². The predicted molar refractivity (Wildman–Crippen MR) is 88.8 cm³/mol. The molecule has 2 N–H and O–H groups in total. The van der Waals surface area contributed by atoms with E-state index in [0.717, 1.165) is 26.7 Å². The van der Waals surface area contributed by atoms with Crippen molar-refractivity contribution in [1.29, 1.82) is 0 Å². The SMILES string of the molecule is Cc1cc(Nc2nc(NC3CCC3)c3sccc3n2)sn1. The summed E-state index contributed by atoms with van der Waals surface area (Å²) in [6.45, 7) is 1.98. The van der Waals surface area contributed by atoms with Gasteiger partial charge in [-0.3, -0.25) is 0 Å². The van der Waals surface area contributed by atoms with Crippen molar-refractivity contribution in [3.63, 3.8) is 0 Å². The molecule has 1 fully saturated rings. The molecule has 3 aromatic rings. The number of aromatic nitrogens is 3. The van der Waals surface area contributed by atoms with Crippen LogP contribution >= 0.6 is 22.9 Å². The minimum atomic E-state index is 0.559. The Morgan fingerprint density at radius 2 is 2.19 bits per heavy atom. The van der Waals surface area contributed by atoms with Crippen molar-refractivity contribution in [1.82, 2.24) is 14.3 Å². The first-order chi connectivity index (χ1) is 10.3. The molecule has 0 radical (unpaired) electrons. The van der Waals surface area contributed by atoms with Gasteiger partial charge in [0.2, 0.25) is 5.95 Å². The zero-order valence-electron chi connectivity index (χ0n) is 11.6. The van der Waals surface area contributed by atoms with Gasteiger partial charge in [0.25, 0.3) is 0 Å². The number of anilines is 3. The zero-order chi connectivity index (χ0) is 14.2. The number of thiophene rings is 1. The molecule has 108 valence electrons. The highest BCUT2D eigenvalue weighted by molar-refractivity contribution is 7.17. The molecule has 0 aliphatic heterocycles. The molecule has 1 aliphatic carbocycles. The summed E-state index contributed by atoms with van der Waals surface area (Å²) in [4.78, 5) is 9.23. The van der Waals surface area contributed by atoms with Crippen LogP contribution in [0, 0.1) is 6.92 Å². The molecule has 1 aliphatic rings. The maximum atomic E-state index is 4.66. The minimum absolute atomic E-state index is 0.559. The van der Waals surface area contributed by atoms with Gasteiger partial charge in [-0.1, -0.05) is 0 Å². The molecule has 3 heterocycles. The van der Waals surface area contributed by atoms with Crippen molar-refractivity contribution in [2.45, 2.75) is 32.2 Å². The van der Waals surface area contributed by atoms with E-state index in [4.69, 9.17) is 0 Å². The van der Waals surface area contributed by atoms with Gasteiger partial charge in [0.1, 0.15) is 10.8 Å². The normalized spacial score (nSPS) is 15.1. The van der Waals surface area contributed by atoms with Gasteiger partial charge < -0.3 is 10.6 Å². The summed E-state index contributed by atoms with van der Waals surface area (Å²) in [5, 5.41) is 9.83. The summed E-state index contributed by atoms with van der Waals surface area (Å²) in [6.07, 6.45) is 3.77. The number of rotatable bonds is 4. The lowest BCUT2D eigenvalue weighted by molar-refractivity contribution is 0.445. The monoisotopic (exact) mass is 317 g/mol. The van der Waals surface area contributed by atoms with Crippen LogP contribution in [0.4, 0.5) is 16.8 Å². The number of fused-ring (bicyclic) bond motifs is 1.